The number of ether oxygens (including phenoxy) is 1. The van der Waals surface area contributed by atoms with Gasteiger partial charge in [-0.2, -0.15) is 0 Å². The number of nitrogens with one attached hydrogen (secondary N) is 2. The fourth-order valence-electron chi connectivity index (χ4n) is 1.76. The van der Waals surface area contributed by atoms with E-state index in [1.54, 1.807) is 20.8 Å². The van der Waals surface area contributed by atoms with Crippen molar-refractivity contribution in [2.75, 3.05) is 13.1 Å². The summed E-state index contributed by atoms with van der Waals surface area (Å²) in [5.74, 6) is -1.17. The minimum atomic E-state index is -1.11. The number of rotatable bonds is 10. The molecule has 0 fully saturated rings. The summed E-state index contributed by atoms with van der Waals surface area (Å²) in [7, 11) is 0. The number of carbonyl (C=O) groups is 3. The summed E-state index contributed by atoms with van der Waals surface area (Å²) < 4.78 is 5.03. The predicted molar refractivity (Wildman–Crippen MR) is 85.9 cm³/mol. The van der Waals surface area contributed by atoms with Crippen LogP contribution >= 0.6 is 0 Å². The Kier molecular flexibility index (Phi) is 9.96. The molecule has 2 amide bonds. The van der Waals surface area contributed by atoms with Gasteiger partial charge in [-0.3, -0.25) is 4.79 Å². The van der Waals surface area contributed by atoms with Gasteiger partial charge in [0.05, 0.1) is 0 Å². The summed E-state index contributed by atoms with van der Waals surface area (Å²) >= 11 is 0. The predicted octanol–water partition coefficient (Wildman–Crippen LogP) is 0.990. The van der Waals surface area contributed by atoms with Gasteiger partial charge in [-0.05, 0) is 53.0 Å². The van der Waals surface area contributed by atoms with Gasteiger partial charge in [0.15, 0.2) is 0 Å². The van der Waals surface area contributed by atoms with Crippen molar-refractivity contribution in [1.29, 1.82) is 0 Å². The number of alkyl carbamates (subject to hydrolysis) is 1. The molecule has 23 heavy (non-hydrogen) atoms. The Morgan fingerprint density at radius 3 is 2.35 bits per heavy atom. The number of amides is 2. The molecular formula is C15H29N3O5. The largest absolute Gasteiger partial charge is 0.480 e. The highest BCUT2D eigenvalue weighted by molar-refractivity contribution is 5.80. The Morgan fingerprint density at radius 1 is 1.17 bits per heavy atom. The van der Waals surface area contributed by atoms with E-state index in [9.17, 15) is 14.4 Å². The van der Waals surface area contributed by atoms with E-state index in [4.69, 9.17) is 15.6 Å². The lowest BCUT2D eigenvalue weighted by Gasteiger charge is -2.22. The number of nitrogens with two attached hydrogens (primary N) is 1. The van der Waals surface area contributed by atoms with Gasteiger partial charge in [0.25, 0.3) is 0 Å². The summed E-state index contributed by atoms with van der Waals surface area (Å²) in [4.78, 5) is 34.1. The van der Waals surface area contributed by atoms with Crippen LogP contribution in [0, 0.1) is 0 Å². The van der Waals surface area contributed by atoms with Crippen LogP contribution in [0.15, 0.2) is 0 Å². The Labute approximate surface area is 137 Å². The van der Waals surface area contributed by atoms with E-state index < -0.39 is 23.7 Å². The van der Waals surface area contributed by atoms with Gasteiger partial charge < -0.3 is 26.2 Å². The Balaban J connectivity index is 4.00. The van der Waals surface area contributed by atoms with Gasteiger partial charge >= 0.3 is 12.1 Å². The van der Waals surface area contributed by atoms with Gasteiger partial charge in [0.1, 0.15) is 11.6 Å². The van der Waals surface area contributed by atoms with Crippen molar-refractivity contribution >= 4 is 18.0 Å². The third-order valence-electron chi connectivity index (χ3n) is 2.84. The van der Waals surface area contributed by atoms with Crippen molar-refractivity contribution < 1.29 is 24.2 Å². The smallest absolute Gasteiger partial charge is 0.408 e. The van der Waals surface area contributed by atoms with E-state index >= 15 is 0 Å². The monoisotopic (exact) mass is 331 g/mol. The van der Waals surface area contributed by atoms with Crippen LogP contribution in [0.2, 0.25) is 0 Å². The molecule has 0 saturated carbocycles. The normalized spacial score (nSPS) is 12.3. The van der Waals surface area contributed by atoms with Crippen molar-refractivity contribution in [2.45, 2.75) is 64.5 Å². The number of hydrogen-bond donors (Lipinski definition) is 4. The first kappa shape index (κ1) is 21.2. The van der Waals surface area contributed by atoms with E-state index in [1.165, 1.54) is 0 Å². The zero-order chi connectivity index (χ0) is 17.9. The highest BCUT2D eigenvalue weighted by Gasteiger charge is 2.23. The average Bonchev–Trinajstić information content (AvgIpc) is 2.41. The number of hydrogen-bond acceptors (Lipinski definition) is 5. The summed E-state index contributed by atoms with van der Waals surface area (Å²) in [6.45, 7) is 6.06. The standard InChI is InChI=1S/C15H29N3O5/c1-15(2,3)23-14(22)18-11(13(20)21)7-4-5-10-17-12(19)8-6-9-16/h11H,4-10,16H2,1-3H3,(H,17,19)(H,18,22)(H,20,21)/t11-/m0/s1. The van der Waals surface area contributed by atoms with Gasteiger partial charge in [-0.25, -0.2) is 9.59 Å². The fourth-order valence-corrected chi connectivity index (χ4v) is 1.76. The Hall–Kier alpha value is -1.83. The fraction of sp³-hybridized carbons (Fsp3) is 0.800. The van der Waals surface area contributed by atoms with E-state index in [0.29, 0.717) is 38.8 Å². The second-order valence-electron chi connectivity index (χ2n) is 6.28. The highest BCUT2D eigenvalue weighted by Crippen LogP contribution is 2.08. The lowest BCUT2D eigenvalue weighted by Crippen LogP contribution is -2.43. The lowest BCUT2D eigenvalue weighted by atomic mass is 10.1. The SMILES string of the molecule is CC(C)(C)OC(=O)N[C@@H](CCCCNC(=O)CCCN)C(=O)O. The lowest BCUT2D eigenvalue weighted by molar-refractivity contribution is -0.139. The number of carboxylic acid groups (broad SMARTS) is 1. The topological polar surface area (TPSA) is 131 Å². The van der Waals surface area contributed by atoms with Crippen molar-refractivity contribution in [1.82, 2.24) is 10.6 Å². The van der Waals surface area contributed by atoms with Crippen LogP contribution in [0.1, 0.15) is 52.9 Å². The first-order valence-corrected chi connectivity index (χ1v) is 7.85. The molecule has 0 aliphatic rings. The van der Waals surface area contributed by atoms with Crippen molar-refractivity contribution in [3.05, 3.63) is 0 Å². The van der Waals surface area contributed by atoms with Crippen molar-refractivity contribution in [2.24, 2.45) is 5.73 Å². The molecule has 134 valence electrons. The molecule has 8 heteroatoms. The second-order valence-corrected chi connectivity index (χ2v) is 6.28. The summed E-state index contributed by atoms with van der Waals surface area (Å²) in [6.07, 6.45) is 1.76. The Morgan fingerprint density at radius 2 is 1.83 bits per heavy atom. The van der Waals surface area contributed by atoms with E-state index in [-0.39, 0.29) is 12.3 Å². The number of unbranched alkanes of at least 4 members (excludes halogenated alkanes) is 1. The summed E-state index contributed by atoms with van der Waals surface area (Å²) in [5, 5.41) is 14.2. The molecule has 8 nitrogen and oxygen atoms in total. The van der Waals surface area contributed by atoms with Crippen LogP contribution in [-0.4, -0.2) is 47.8 Å². The summed E-state index contributed by atoms with van der Waals surface area (Å²) in [6, 6.07) is -1.00. The number of aliphatic carboxylic acids is 1. The molecule has 0 aromatic heterocycles. The van der Waals surface area contributed by atoms with Crippen LogP contribution in [0.5, 0.6) is 0 Å². The van der Waals surface area contributed by atoms with Crippen LogP contribution in [0.25, 0.3) is 0 Å². The molecule has 0 unspecified atom stereocenters. The van der Waals surface area contributed by atoms with Crippen LogP contribution in [0.4, 0.5) is 4.79 Å². The minimum absolute atomic E-state index is 0.0582. The van der Waals surface area contributed by atoms with Gasteiger partial charge in [0, 0.05) is 13.0 Å². The van der Waals surface area contributed by atoms with Gasteiger partial charge in [0.2, 0.25) is 5.91 Å². The second kappa shape index (κ2) is 10.8. The average molecular weight is 331 g/mol. The molecule has 0 rings (SSSR count). The molecule has 0 bridgehead atoms. The maximum atomic E-state index is 11.6. The third-order valence-corrected chi connectivity index (χ3v) is 2.84. The van der Waals surface area contributed by atoms with Gasteiger partial charge in [-0.15, -0.1) is 0 Å². The first-order valence-electron chi connectivity index (χ1n) is 7.85. The zero-order valence-electron chi connectivity index (χ0n) is 14.2. The molecule has 5 N–H and O–H groups in total. The zero-order valence-corrected chi connectivity index (χ0v) is 14.2. The third kappa shape index (κ3) is 12.4. The number of carbonyl (C=O) groups excluding carboxylic acids is 2. The molecule has 0 aliphatic heterocycles. The first-order chi connectivity index (χ1) is 10.7. The van der Waals surface area contributed by atoms with E-state index in [1.807, 2.05) is 0 Å². The maximum absolute atomic E-state index is 11.6. The number of carboxylic acids is 1. The van der Waals surface area contributed by atoms with Crippen LogP contribution in [0.3, 0.4) is 0 Å². The molecule has 0 spiro atoms. The summed E-state index contributed by atoms with van der Waals surface area (Å²) in [5.41, 5.74) is 4.63. The van der Waals surface area contributed by atoms with E-state index in [0.717, 1.165) is 0 Å². The highest BCUT2D eigenvalue weighted by atomic mass is 16.6. The minimum Gasteiger partial charge on any atom is -0.480 e. The van der Waals surface area contributed by atoms with Gasteiger partial charge in [-0.1, -0.05) is 0 Å². The van der Waals surface area contributed by atoms with E-state index in [2.05, 4.69) is 10.6 Å². The van der Waals surface area contributed by atoms with Crippen molar-refractivity contribution in [3.8, 4) is 0 Å². The molecule has 0 saturated heterocycles. The molecule has 0 aromatic rings. The molecule has 0 aromatic carbocycles. The quantitative estimate of drug-likeness (QED) is 0.442. The maximum Gasteiger partial charge on any atom is 0.408 e. The molecule has 0 radical (unpaired) electrons. The van der Waals surface area contributed by atoms with Crippen molar-refractivity contribution in [3.63, 3.8) is 0 Å². The molecular weight excluding hydrogens is 302 g/mol. The van der Waals surface area contributed by atoms with Crippen LogP contribution in [-0.2, 0) is 14.3 Å². The Bertz CT molecular complexity index is 393. The molecule has 0 aliphatic carbocycles. The molecule has 0 heterocycles. The molecule has 1 atom stereocenters. The van der Waals surface area contributed by atoms with Crippen LogP contribution < -0.4 is 16.4 Å².